The molecule has 1 aromatic carbocycles. The van der Waals surface area contributed by atoms with E-state index in [2.05, 4.69) is 0 Å². The van der Waals surface area contributed by atoms with E-state index in [4.69, 9.17) is 15.1 Å². The Morgan fingerprint density at radius 1 is 0.846 bits per heavy atom. The number of benzene rings is 1. The van der Waals surface area contributed by atoms with Gasteiger partial charge in [-0.3, -0.25) is 0 Å². The van der Waals surface area contributed by atoms with Crippen molar-refractivity contribution in [1.29, 1.82) is 0 Å². The highest BCUT2D eigenvalue weighted by Gasteiger charge is 2.30. The summed E-state index contributed by atoms with van der Waals surface area (Å²) in [7, 11) is 0. The van der Waals surface area contributed by atoms with Crippen LogP contribution in [0.15, 0.2) is 36.9 Å². The van der Waals surface area contributed by atoms with Crippen LogP contribution in [0.1, 0.15) is 67.5 Å². The van der Waals surface area contributed by atoms with Crippen LogP contribution in [-0.4, -0.2) is 34.2 Å². The molecule has 4 nitrogen and oxygen atoms in total. The van der Waals surface area contributed by atoms with Gasteiger partial charge in [0.1, 0.15) is 12.3 Å². The Morgan fingerprint density at radius 3 is 1.77 bits per heavy atom. The van der Waals surface area contributed by atoms with Gasteiger partial charge in [0.05, 0.1) is 2.74 Å². The molecule has 0 saturated heterocycles. The molecule has 2 heterocycles. The summed E-state index contributed by atoms with van der Waals surface area (Å²) in [4.78, 5) is 6.12. The van der Waals surface area contributed by atoms with Gasteiger partial charge in [0.15, 0.2) is 0 Å². The van der Waals surface area contributed by atoms with Crippen LogP contribution in [0, 0.1) is 13.8 Å². The largest absolute Gasteiger partial charge is 0.353 e. The van der Waals surface area contributed by atoms with Crippen molar-refractivity contribution < 1.29 is 15.1 Å². The van der Waals surface area contributed by atoms with E-state index < -0.39 is 44.9 Å². The van der Waals surface area contributed by atoms with Crippen LogP contribution in [0.5, 0.6) is 0 Å². The Hall–Kier alpha value is -2.10. The Balaban J connectivity index is 2.01. The first-order valence-electron chi connectivity index (χ1n) is 14.2. The monoisotopic (exact) mass is 365 g/mol. The van der Waals surface area contributed by atoms with Gasteiger partial charge in [-0.05, 0) is 78.4 Å². The third-order valence-corrected chi connectivity index (χ3v) is 5.09. The van der Waals surface area contributed by atoms with Gasteiger partial charge < -0.3 is 19.6 Å². The van der Waals surface area contributed by atoms with Crippen molar-refractivity contribution in [3.63, 3.8) is 0 Å². The van der Waals surface area contributed by atoms with Gasteiger partial charge in [0, 0.05) is 60.5 Å². The molecule has 2 aliphatic heterocycles. The maximum atomic E-state index is 8.57. The summed E-state index contributed by atoms with van der Waals surface area (Å²) in [5.41, 5.74) is 3.08. The lowest BCUT2D eigenvalue weighted by Gasteiger charge is -2.36. The Bertz CT molecular complexity index is 1070. The minimum atomic E-state index is -3.11. The van der Waals surface area contributed by atoms with E-state index in [0.29, 0.717) is 5.69 Å². The van der Waals surface area contributed by atoms with Crippen LogP contribution in [0.3, 0.4) is 0 Å². The van der Waals surface area contributed by atoms with E-state index >= 15 is 0 Å². The van der Waals surface area contributed by atoms with Crippen LogP contribution in [0.25, 0.3) is 0 Å². The molecule has 0 amide bonds. The second kappa shape index (κ2) is 6.90. The van der Waals surface area contributed by atoms with Crippen molar-refractivity contribution >= 4 is 11.4 Å². The van der Waals surface area contributed by atoms with Crippen LogP contribution in [-0.2, 0) is 0 Å². The summed E-state index contributed by atoms with van der Waals surface area (Å²) in [6.45, 7) is -0.203. The summed E-state index contributed by atoms with van der Waals surface area (Å²) in [6.07, 6.45) is 4.95. The molecular weight excluding hydrogens is 320 g/mol. The van der Waals surface area contributed by atoms with E-state index in [9.17, 15) is 0 Å². The lowest BCUT2D eigenvalue weighted by molar-refractivity contribution is 0.263. The van der Waals surface area contributed by atoms with Crippen LogP contribution in [0.2, 0.25) is 0 Å². The highest BCUT2D eigenvalue weighted by atomic mass is 15.4. The first kappa shape index (κ1) is 9.20. The number of hydrogen-bond acceptors (Lipinski definition) is 4. The van der Waals surface area contributed by atoms with Gasteiger partial charge in [0.25, 0.3) is 0 Å². The molecule has 0 spiro atoms. The van der Waals surface area contributed by atoms with Crippen molar-refractivity contribution in [3.8, 4) is 0 Å². The van der Waals surface area contributed by atoms with Gasteiger partial charge in [-0.2, -0.15) is 0 Å². The van der Waals surface area contributed by atoms with Crippen molar-refractivity contribution in [3.05, 3.63) is 48.1 Å². The van der Waals surface area contributed by atoms with Gasteiger partial charge in [-0.1, -0.05) is 0 Å². The molecule has 0 aromatic heterocycles. The second-order valence-corrected chi connectivity index (χ2v) is 6.85. The molecule has 0 aliphatic carbocycles. The van der Waals surface area contributed by atoms with Crippen molar-refractivity contribution in [1.82, 2.24) is 9.80 Å². The van der Waals surface area contributed by atoms with E-state index in [1.165, 1.54) is 18.0 Å². The molecule has 3 atom stereocenters. The average Bonchev–Trinajstić information content (AvgIpc) is 3.29. The Morgan fingerprint density at radius 2 is 1.31 bits per heavy atom. The van der Waals surface area contributed by atoms with Gasteiger partial charge >= 0.3 is 0 Å². The number of rotatable bonds is 4. The normalized spacial score (nSPS) is 33.0. The molecule has 2 aliphatic rings. The van der Waals surface area contributed by atoms with E-state index in [-0.39, 0.29) is 0 Å². The predicted octanol–water partition coefficient (Wildman–Crippen LogP) is 5.00. The number of hydrogen-bond donors (Lipinski definition) is 0. The maximum Gasteiger partial charge on any atom is 0.103 e. The summed E-state index contributed by atoms with van der Waals surface area (Å²) in [6, 6.07) is -0.890. The standard InChI is InChI=1S/C22H34N4/c1-15(2)23-9-11-25(19(23)7)21-13-17(5)14-22(18(21)6)26-12-10-24(16(3)4)20(26)8/h9-16,19-20H,1-8H3/t19-,20+/i1D3,2D3,3D3,15D,16D/t16?,19-,20+/m1/s1. The lowest BCUT2D eigenvalue weighted by atomic mass is 10.1. The zero-order valence-corrected chi connectivity index (χ0v) is 15.9. The van der Waals surface area contributed by atoms with Crippen LogP contribution < -0.4 is 9.80 Å². The molecule has 0 N–H and O–H groups in total. The molecule has 3 rings (SSSR count). The quantitative estimate of drug-likeness (QED) is 0.744. The Kier molecular flexibility index (Phi) is 2.44. The minimum Gasteiger partial charge on any atom is -0.353 e. The summed E-state index contributed by atoms with van der Waals surface area (Å²) in [5.74, 6) is 0. The highest BCUT2D eigenvalue weighted by Crippen LogP contribution is 2.37. The topological polar surface area (TPSA) is 13.0 Å². The van der Waals surface area contributed by atoms with Crippen molar-refractivity contribution in [2.45, 2.75) is 79.5 Å². The molecule has 0 fully saturated rings. The van der Waals surface area contributed by atoms with Crippen molar-refractivity contribution in [2.24, 2.45) is 0 Å². The number of nitrogens with zero attached hydrogens (tertiary/aromatic N) is 4. The third kappa shape index (κ3) is 3.06. The first-order valence-corrected chi connectivity index (χ1v) is 8.69. The molecule has 0 saturated carbocycles. The molecule has 1 unspecified atom stereocenters. The first-order chi connectivity index (χ1) is 16.6. The third-order valence-electron chi connectivity index (χ3n) is 5.09. The fourth-order valence-corrected chi connectivity index (χ4v) is 3.63. The molecule has 26 heavy (non-hydrogen) atoms. The lowest BCUT2D eigenvalue weighted by Crippen LogP contribution is -2.41. The van der Waals surface area contributed by atoms with E-state index in [0.717, 1.165) is 21.7 Å². The van der Waals surface area contributed by atoms with E-state index in [1.54, 1.807) is 37.3 Å². The molecule has 4 heteroatoms. The average molecular weight is 366 g/mol. The molecule has 0 radical (unpaired) electrons. The summed E-state index contributed by atoms with van der Waals surface area (Å²) >= 11 is 0. The highest BCUT2D eigenvalue weighted by molar-refractivity contribution is 5.72. The predicted molar refractivity (Wildman–Crippen MR) is 112 cm³/mol. The fraction of sp³-hybridized carbons (Fsp3) is 0.545. The van der Waals surface area contributed by atoms with Gasteiger partial charge in [-0.25, -0.2) is 0 Å². The van der Waals surface area contributed by atoms with Crippen LogP contribution >= 0.6 is 0 Å². The van der Waals surface area contributed by atoms with Crippen molar-refractivity contribution in [2.75, 3.05) is 9.80 Å². The SMILES string of the molecule is [2H]C([2H])([2H])C([2H])(C)N1C=CN(c2cc(C)cc(N3C=CN(C([2H])(C([2H])([2H])[2H])C([2H])([2H])[2H])[C@H]3C)c2C)[C@H]1C. The van der Waals surface area contributed by atoms with Gasteiger partial charge in [0.2, 0.25) is 0 Å². The zero-order valence-electron chi connectivity index (χ0n) is 26.9. The summed E-state index contributed by atoms with van der Waals surface area (Å²) < 4.78 is 87.5. The smallest absolute Gasteiger partial charge is 0.103 e. The minimum absolute atomic E-state index is 0.480. The maximum absolute atomic E-state index is 8.57. The fourth-order valence-electron chi connectivity index (χ4n) is 3.63. The number of aryl methyl sites for hydroxylation is 1. The Labute approximate surface area is 174 Å². The van der Waals surface area contributed by atoms with Crippen LogP contribution in [0.4, 0.5) is 11.4 Å². The number of anilines is 2. The molecule has 142 valence electrons. The van der Waals surface area contributed by atoms with E-state index in [1.807, 2.05) is 30.9 Å². The molecule has 0 bridgehead atoms. The second-order valence-electron chi connectivity index (χ2n) is 6.85. The van der Waals surface area contributed by atoms with Gasteiger partial charge in [-0.15, -0.1) is 0 Å². The molecule has 1 aromatic rings. The zero-order chi connectivity index (χ0) is 28.5. The molecular formula is C22H34N4. The summed E-state index contributed by atoms with van der Waals surface area (Å²) in [5, 5.41) is 0.